The van der Waals surface area contributed by atoms with Gasteiger partial charge in [0.15, 0.2) is 0 Å². The van der Waals surface area contributed by atoms with Crippen LogP contribution in [0, 0.1) is 0 Å². The zero-order valence-electron chi connectivity index (χ0n) is 13.2. The van der Waals surface area contributed by atoms with Crippen molar-refractivity contribution in [2.45, 2.75) is 19.3 Å². The molecule has 4 rings (SSSR count). The molecular formula is C20H16N4. The van der Waals surface area contributed by atoms with Crippen molar-refractivity contribution in [2.24, 2.45) is 5.11 Å². The second-order valence-electron chi connectivity index (χ2n) is 5.96. The Morgan fingerprint density at radius 1 is 1.04 bits per heavy atom. The number of azide groups is 1. The van der Waals surface area contributed by atoms with E-state index in [0.717, 1.165) is 36.0 Å². The molecular weight excluding hydrogens is 296 g/mol. The maximum atomic E-state index is 8.75. The zero-order valence-corrected chi connectivity index (χ0v) is 13.2. The highest BCUT2D eigenvalue weighted by Gasteiger charge is 2.17. The van der Waals surface area contributed by atoms with Gasteiger partial charge >= 0.3 is 0 Å². The maximum Gasteiger partial charge on any atom is 0.0709 e. The van der Waals surface area contributed by atoms with E-state index in [1.807, 2.05) is 36.4 Å². The van der Waals surface area contributed by atoms with E-state index >= 15 is 0 Å². The van der Waals surface area contributed by atoms with Gasteiger partial charge in [0.05, 0.1) is 11.2 Å². The third-order valence-electron chi connectivity index (χ3n) is 4.42. The zero-order chi connectivity index (χ0) is 16.4. The van der Waals surface area contributed by atoms with Crippen LogP contribution >= 0.6 is 0 Å². The Hall–Kier alpha value is -3.10. The topological polar surface area (TPSA) is 61.7 Å². The molecule has 0 unspecified atom stereocenters. The minimum absolute atomic E-state index is 0.653. The molecule has 0 saturated heterocycles. The van der Waals surface area contributed by atoms with Gasteiger partial charge in [0.2, 0.25) is 0 Å². The van der Waals surface area contributed by atoms with Crippen LogP contribution in [-0.4, -0.2) is 4.98 Å². The Bertz CT molecular complexity index is 997. The third-order valence-corrected chi connectivity index (χ3v) is 4.42. The van der Waals surface area contributed by atoms with Crippen molar-refractivity contribution in [1.29, 1.82) is 0 Å². The molecule has 4 nitrogen and oxygen atoms in total. The summed E-state index contributed by atoms with van der Waals surface area (Å²) in [6.07, 6.45) is 5.28. The molecule has 3 aromatic rings. The number of hydrogen-bond donors (Lipinski definition) is 0. The van der Waals surface area contributed by atoms with Crippen molar-refractivity contribution < 1.29 is 0 Å². The van der Waals surface area contributed by atoms with Crippen LogP contribution in [0.15, 0.2) is 59.7 Å². The van der Waals surface area contributed by atoms with Crippen LogP contribution in [0.2, 0.25) is 0 Å². The lowest BCUT2D eigenvalue weighted by molar-refractivity contribution is 0.815. The molecule has 0 aliphatic heterocycles. The largest absolute Gasteiger partial charge is 0.248 e. The van der Waals surface area contributed by atoms with Crippen molar-refractivity contribution in [1.82, 2.24) is 4.98 Å². The first-order chi connectivity index (χ1) is 11.8. The summed E-state index contributed by atoms with van der Waals surface area (Å²) in [5, 5.41) is 4.98. The molecule has 4 heteroatoms. The monoisotopic (exact) mass is 312 g/mol. The van der Waals surface area contributed by atoms with Gasteiger partial charge in [0, 0.05) is 16.0 Å². The van der Waals surface area contributed by atoms with E-state index in [9.17, 15) is 0 Å². The lowest BCUT2D eigenvalue weighted by atomic mass is 9.89. The number of para-hydroxylation sites is 1. The fourth-order valence-corrected chi connectivity index (χ4v) is 3.29. The summed E-state index contributed by atoms with van der Waals surface area (Å²) >= 11 is 0. The molecule has 1 aliphatic carbocycles. The van der Waals surface area contributed by atoms with Gasteiger partial charge in [-0.05, 0) is 59.7 Å². The highest BCUT2D eigenvalue weighted by Crippen LogP contribution is 2.34. The SMILES string of the molecule is [N-]=[N+]=Nc1ccccc1/C=C1/CCCc2cc3ccccc3nc21. The molecule has 24 heavy (non-hydrogen) atoms. The summed E-state index contributed by atoms with van der Waals surface area (Å²) in [5.41, 5.74) is 15.0. The van der Waals surface area contributed by atoms with Crippen molar-refractivity contribution in [3.05, 3.63) is 81.9 Å². The summed E-state index contributed by atoms with van der Waals surface area (Å²) in [6, 6.07) is 18.1. The summed E-state index contributed by atoms with van der Waals surface area (Å²) < 4.78 is 0. The Labute approximate surface area is 140 Å². The minimum atomic E-state index is 0.653. The van der Waals surface area contributed by atoms with Crippen LogP contribution < -0.4 is 0 Å². The summed E-state index contributed by atoms with van der Waals surface area (Å²) in [7, 11) is 0. The maximum absolute atomic E-state index is 8.75. The van der Waals surface area contributed by atoms with Crippen molar-refractivity contribution in [3.63, 3.8) is 0 Å². The Kier molecular flexibility index (Phi) is 3.73. The molecule has 0 amide bonds. The minimum Gasteiger partial charge on any atom is -0.248 e. The van der Waals surface area contributed by atoms with Crippen LogP contribution in [-0.2, 0) is 6.42 Å². The van der Waals surface area contributed by atoms with E-state index in [4.69, 9.17) is 10.5 Å². The number of rotatable bonds is 2. The summed E-state index contributed by atoms with van der Waals surface area (Å²) in [6.45, 7) is 0. The molecule has 0 N–H and O–H groups in total. The second-order valence-corrected chi connectivity index (χ2v) is 5.96. The van der Waals surface area contributed by atoms with E-state index in [2.05, 4.69) is 34.3 Å². The molecule has 116 valence electrons. The van der Waals surface area contributed by atoms with E-state index in [-0.39, 0.29) is 0 Å². The van der Waals surface area contributed by atoms with Gasteiger partial charge in [0.1, 0.15) is 0 Å². The quantitative estimate of drug-likeness (QED) is 0.322. The van der Waals surface area contributed by atoms with Crippen LogP contribution in [0.4, 0.5) is 5.69 Å². The molecule has 2 aromatic carbocycles. The van der Waals surface area contributed by atoms with Gasteiger partial charge in [-0.1, -0.05) is 47.6 Å². The predicted octanol–water partition coefficient (Wildman–Crippen LogP) is 6.05. The predicted molar refractivity (Wildman–Crippen MR) is 97.8 cm³/mol. The average molecular weight is 312 g/mol. The van der Waals surface area contributed by atoms with Gasteiger partial charge in [0.25, 0.3) is 0 Å². The first-order valence-electron chi connectivity index (χ1n) is 8.09. The van der Waals surface area contributed by atoms with Crippen molar-refractivity contribution >= 4 is 28.2 Å². The normalized spacial score (nSPS) is 15.1. The number of benzene rings is 2. The molecule has 0 spiro atoms. The smallest absolute Gasteiger partial charge is 0.0709 e. The molecule has 0 fully saturated rings. The number of hydrogen-bond acceptors (Lipinski definition) is 2. The lowest BCUT2D eigenvalue weighted by Gasteiger charge is -2.19. The number of fused-ring (bicyclic) bond motifs is 2. The Morgan fingerprint density at radius 2 is 1.88 bits per heavy atom. The second kappa shape index (κ2) is 6.19. The van der Waals surface area contributed by atoms with Crippen molar-refractivity contribution in [2.75, 3.05) is 0 Å². The number of allylic oxidation sites excluding steroid dienone is 1. The van der Waals surface area contributed by atoms with Crippen molar-refractivity contribution in [3.8, 4) is 0 Å². The van der Waals surface area contributed by atoms with Crippen LogP contribution in [0.5, 0.6) is 0 Å². The molecule has 0 radical (unpaired) electrons. The summed E-state index contributed by atoms with van der Waals surface area (Å²) in [4.78, 5) is 7.82. The fraction of sp³-hybridized carbons (Fsp3) is 0.150. The number of nitrogens with zero attached hydrogens (tertiary/aromatic N) is 4. The van der Waals surface area contributed by atoms with E-state index in [1.165, 1.54) is 16.5 Å². The fourth-order valence-electron chi connectivity index (χ4n) is 3.29. The van der Waals surface area contributed by atoms with Crippen LogP contribution in [0.25, 0.3) is 33.0 Å². The van der Waals surface area contributed by atoms with Gasteiger partial charge in [-0.25, -0.2) is 4.98 Å². The standard InChI is InChI=1S/C20H16N4/c21-24-23-19-11-4-2-7-15(19)13-17-9-5-8-16-12-14-6-1-3-10-18(14)22-20(16)17/h1-4,6-7,10-13H,5,8-9H2/b17-13-. The highest BCUT2D eigenvalue weighted by molar-refractivity contribution is 5.89. The van der Waals surface area contributed by atoms with Gasteiger partial charge in [-0.15, -0.1) is 0 Å². The van der Waals surface area contributed by atoms with E-state index in [1.54, 1.807) is 0 Å². The lowest BCUT2D eigenvalue weighted by Crippen LogP contribution is -2.04. The Morgan fingerprint density at radius 3 is 2.79 bits per heavy atom. The molecule has 1 heterocycles. The average Bonchev–Trinajstić information content (AvgIpc) is 2.62. The molecule has 0 bridgehead atoms. The van der Waals surface area contributed by atoms with Gasteiger partial charge in [-0.3, -0.25) is 0 Å². The van der Waals surface area contributed by atoms with Crippen LogP contribution in [0.1, 0.15) is 29.7 Å². The number of aromatic nitrogens is 1. The molecule has 1 aliphatic rings. The Balaban J connectivity index is 1.87. The number of pyridine rings is 1. The van der Waals surface area contributed by atoms with E-state index < -0.39 is 0 Å². The molecule has 0 saturated carbocycles. The van der Waals surface area contributed by atoms with Crippen LogP contribution in [0.3, 0.4) is 0 Å². The first kappa shape index (κ1) is 14.5. The van der Waals surface area contributed by atoms with E-state index in [0.29, 0.717) is 5.69 Å². The van der Waals surface area contributed by atoms with Gasteiger partial charge in [-0.2, -0.15) is 0 Å². The number of aryl methyl sites for hydroxylation is 1. The first-order valence-corrected chi connectivity index (χ1v) is 8.09. The van der Waals surface area contributed by atoms with Gasteiger partial charge < -0.3 is 0 Å². The molecule has 0 atom stereocenters. The summed E-state index contributed by atoms with van der Waals surface area (Å²) in [5.74, 6) is 0. The highest BCUT2D eigenvalue weighted by atomic mass is 15.1. The third kappa shape index (κ3) is 2.64. The molecule has 1 aromatic heterocycles.